The fraction of sp³-hybridized carbons (Fsp3) is 0.900. The first-order valence-corrected chi connectivity index (χ1v) is 5.65. The molecule has 2 nitrogen and oxygen atoms in total. The molecule has 0 radical (unpaired) electrons. The quantitative estimate of drug-likeness (QED) is 0.676. The lowest BCUT2D eigenvalue weighted by Gasteiger charge is -2.35. The molecule has 1 saturated heterocycles. The third-order valence-electron chi connectivity index (χ3n) is 2.55. The molecule has 1 amide bonds. The second-order valence-electron chi connectivity index (χ2n) is 4.22. The summed E-state index contributed by atoms with van der Waals surface area (Å²) in [6.45, 7) is 6.32. The number of carbonyl (C=O) groups excluding carboxylic acids is 1. The molecule has 1 fully saturated rings. The van der Waals surface area contributed by atoms with Crippen LogP contribution in [0.25, 0.3) is 0 Å². The Morgan fingerprint density at radius 3 is 2.38 bits per heavy atom. The largest absolute Gasteiger partial charge is 0.342 e. The second kappa shape index (κ2) is 4.89. The monoisotopic (exact) mass is 201 g/mol. The molecule has 0 bridgehead atoms. The molecule has 0 spiro atoms. The van der Waals surface area contributed by atoms with Gasteiger partial charge in [0.2, 0.25) is 5.91 Å². The van der Waals surface area contributed by atoms with Crippen molar-refractivity contribution in [3.05, 3.63) is 0 Å². The normalized spacial score (nSPS) is 29.0. The molecule has 2 atom stereocenters. The van der Waals surface area contributed by atoms with E-state index in [1.54, 1.807) is 0 Å². The van der Waals surface area contributed by atoms with Crippen LogP contribution in [0.5, 0.6) is 0 Å². The minimum Gasteiger partial charge on any atom is -0.342 e. The lowest BCUT2D eigenvalue weighted by molar-refractivity contribution is -0.133. The summed E-state index contributed by atoms with van der Waals surface area (Å²) in [6.07, 6.45) is 1.84. The smallest absolute Gasteiger partial charge is 0.223 e. The Balaban J connectivity index is 2.45. The highest BCUT2D eigenvalue weighted by Crippen LogP contribution is 2.21. The average molecular weight is 201 g/mol. The number of carbonyl (C=O) groups is 1. The SMILES string of the molecule is CC1CC(C)CN(C(=O)CCS)C1. The summed E-state index contributed by atoms with van der Waals surface area (Å²) in [5.41, 5.74) is 0. The third kappa shape index (κ3) is 3.22. The molecule has 0 aliphatic carbocycles. The van der Waals surface area contributed by atoms with Gasteiger partial charge in [0, 0.05) is 19.5 Å². The van der Waals surface area contributed by atoms with Crippen LogP contribution in [0.3, 0.4) is 0 Å². The van der Waals surface area contributed by atoms with E-state index in [9.17, 15) is 4.79 Å². The second-order valence-corrected chi connectivity index (χ2v) is 4.67. The zero-order valence-electron chi connectivity index (χ0n) is 8.49. The van der Waals surface area contributed by atoms with Crippen molar-refractivity contribution in [2.24, 2.45) is 11.8 Å². The first-order chi connectivity index (χ1) is 6.13. The summed E-state index contributed by atoms with van der Waals surface area (Å²) in [4.78, 5) is 13.6. The van der Waals surface area contributed by atoms with Gasteiger partial charge in [0.1, 0.15) is 0 Å². The number of hydrogen-bond acceptors (Lipinski definition) is 2. The Kier molecular flexibility index (Phi) is 4.10. The van der Waals surface area contributed by atoms with E-state index in [4.69, 9.17) is 0 Å². The maximum absolute atomic E-state index is 11.6. The van der Waals surface area contributed by atoms with E-state index >= 15 is 0 Å². The zero-order valence-corrected chi connectivity index (χ0v) is 9.39. The van der Waals surface area contributed by atoms with Crippen LogP contribution in [0, 0.1) is 11.8 Å². The number of rotatable bonds is 2. The van der Waals surface area contributed by atoms with Crippen molar-refractivity contribution >= 4 is 18.5 Å². The predicted octanol–water partition coefficient (Wildman–Crippen LogP) is 1.81. The fourth-order valence-electron chi connectivity index (χ4n) is 2.12. The number of hydrogen-bond donors (Lipinski definition) is 1. The highest BCUT2D eigenvalue weighted by Gasteiger charge is 2.24. The highest BCUT2D eigenvalue weighted by molar-refractivity contribution is 7.80. The molecule has 0 saturated carbocycles. The van der Waals surface area contributed by atoms with Crippen LogP contribution in [0.15, 0.2) is 0 Å². The molecule has 0 aromatic carbocycles. The zero-order chi connectivity index (χ0) is 9.84. The van der Waals surface area contributed by atoms with Crippen molar-refractivity contribution in [1.82, 2.24) is 4.90 Å². The standard InChI is InChI=1S/C10H19NOS/c1-8-5-9(2)7-11(6-8)10(12)3-4-13/h8-9,13H,3-7H2,1-2H3. The first-order valence-electron chi connectivity index (χ1n) is 5.02. The summed E-state index contributed by atoms with van der Waals surface area (Å²) < 4.78 is 0. The number of piperidine rings is 1. The van der Waals surface area contributed by atoms with Crippen molar-refractivity contribution < 1.29 is 4.79 Å². The summed E-state index contributed by atoms with van der Waals surface area (Å²) in [5.74, 6) is 2.26. The molecule has 1 aliphatic rings. The van der Waals surface area contributed by atoms with Gasteiger partial charge in [0.05, 0.1) is 0 Å². The van der Waals surface area contributed by atoms with Crippen LogP contribution in [-0.2, 0) is 4.79 Å². The Hall–Kier alpha value is -0.180. The minimum absolute atomic E-state index is 0.272. The van der Waals surface area contributed by atoms with Crippen LogP contribution < -0.4 is 0 Å². The topological polar surface area (TPSA) is 20.3 Å². The van der Waals surface area contributed by atoms with Crippen LogP contribution in [0.1, 0.15) is 26.7 Å². The van der Waals surface area contributed by atoms with Gasteiger partial charge in [-0.25, -0.2) is 0 Å². The molecule has 3 heteroatoms. The van der Waals surface area contributed by atoms with E-state index in [1.807, 2.05) is 4.90 Å². The lowest BCUT2D eigenvalue weighted by Crippen LogP contribution is -2.42. The molecular formula is C10H19NOS. The maximum Gasteiger partial charge on any atom is 0.223 e. The van der Waals surface area contributed by atoms with E-state index in [1.165, 1.54) is 6.42 Å². The third-order valence-corrected chi connectivity index (χ3v) is 2.77. The average Bonchev–Trinajstić information content (AvgIpc) is 2.03. The molecule has 0 aromatic rings. The van der Waals surface area contributed by atoms with E-state index < -0.39 is 0 Å². The summed E-state index contributed by atoms with van der Waals surface area (Å²) in [5, 5.41) is 0. The van der Waals surface area contributed by atoms with Crippen LogP contribution in [0.4, 0.5) is 0 Å². The van der Waals surface area contributed by atoms with Crippen LogP contribution >= 0.6 is 12.6 Å². The van der Waals surface area contributed by atoms with Gasteiger partial charge in [-0.05, 0) is 24.0 Å². The Morgan fingerprint density at radius 1 is 1.38 bits per heavy atom. The van der Waals surface area contributed by atoms with Crippen LogP contribution in [0.2, 0.25) is 0 Å². The number of nitrogens with zero attached hydrogens (tertiary/aromatic N) is 1. The molecule has 1 heterocycles. The molecule has 0 aromatic heterocycles. The van der Waals surface area contributed by atoms with Gasteiger partial charge in [0.15, 0.2) is 0 Å². The lowest BCUT2D eigenvalue weighted by atomic mass is 9.92. The van der Waals surface area contributed by atoms with Crippen molar-refractivity contribution in [2.75, 3.05) is 18.8 Å². The van der Waals surface area contributed by atoms with Crippen molar-refractivity contribution in [1.29, 1.82) is 0 Å². The summed E-state index contributed by atoms with van der Waals surface area (Å²) in [7, 11) is 0. The van der Waals surface area contributed by atoms with Gasteiger partial charge in [-0.3, -0.25) is 4.79 Å². The molecule has 13 heavy (non-hydrogen) atoms. The maximum atomic E-state index is 11.6. The highest BCUT2D eigenvalue weighted by atomic mass is 32.1. The summed E-state index contributed by atoms with van der Waals surface area (Å²) in [6, 6.07) is 0. The van der Waals surface area contributed by atoms with Crippen molar-refractivity contribution in [2.45, 2.75) is 26.7 Å². The van der Waals surface area contributed by atoms with Gasteiger partial charge in [-0.1, -0.05) is 13.8 Å². The van der Waals surface area contributed by atoms with E-state index in [-0.39, 0.29) is 5.91 Å². The van der Waals surface area contributed by atoms with Crippen molar-refractivity contribution in [3.63, 3.8) is 0 Å². The number of likely N-dealkylation sites (tertiary alicyclic amines) is 1. The van der Waals surface area contributed by atoms with Crippen molar-refractivity contribution in [3.8, 4) is 0 Å². The molecular weight excluding hydrogens is 182 g/mol. The van der Waals surface area contributed by atoms with Gasteiger partial charge in [-0.2, -0.15) is 12.6 Å². The molecule has 1 aliphatic heterocycles. The van der Waals surface area contributed by atoms with E-state index in [0.29, 0.717) is 24.0 Å². The Morgan fingerprint density at radius 2 is 1.92 bits per heavy atom. The van der Waals surface area contributed by atoms with E-state index in [0.717, 1.165) is 13.1 Å². The van der Waals surface area contributed by atoms with Gasteiger partial charge >= 0.3 is 0 Å². The number of amides is 1. The molecule has 2 unspecified atom stereocenters. The first kappa shape index (κ1) is 10.9. The molecule has 0 N–H and O–H groups in total. The van der Waals surface area contributed by atoms with E-state index in [2.05, 4.69) is 26.5 Å². The fourth-order valence-corrected chi connectivity index (χ4v) is 2.31. The van der Waals surface area contributed by atoms with Gasteiger partial charge in [0.25, 0.3) is 0 Å². The van der Waals surface area contributed by atoms with Crippen LogP contribution in [-0.4, -0.2) is 29.6 Å². The van der Waals surface area contributed by atoms with Gasteiger partial charge in [-0.15, -0.1) is 0 Å². The predicted molar refractivity (Wildman–Crippen MR) is 58.0 cm³/mol. The Bertz CT molecular complexity index is 174. The summed E-state index contributed by atoms with van der Waals surface area (Å²) >= 11 is 4.08. The minimum atomic E-state index is 0.272. The molecule has 76 valence electrons. The molecule has 1 rings (SSSR count). The van der Waals surface area contributed by atoms with Gasteiger partial charge < -0.3 is 4.90 Å². The Labute approximate surface area is 86.1 Å². The number of thiol groups is 1.